The van der Waals surface area contributed by atoms with Crippen LogP contribution in [0.5, 0.6) is 5.75 Å². The van der Waals surface area contributed by atoms with Crippen LogP contribution in [0.1, 0.15) is 16.7 Å². The Balaban J connectivity index is 1.52. The van der Waals surface area contributed by atoms with E-state index < -0.39 is 0 Å². The van der Waals surface area contributed by atoms with Crippen LogP contribution in [0.15, 0.2) is 83.3 Å². The van der Waals surface area contributed by atoms with Crippen molar-refractivity contribution in [1.29, 1.82) is 0 Å². The molecule has 0 amide bonds. The van der Waals surface area contributed by atoms with Gasteiger partial charge in [0.1, 0.15) is 19.0 Å². The fourth-order valence-corrected chi connectivity index (χ4v) is 3.00. The van der Waals surface area contributed by atoms with Gasteiger partial charge in [-0.1, -0.05) is 66.7 Å². The zero-order valence-corrected chi connectivity index (χ0v) is 15.8. The summed E-state index contributed by atoms with van der Waals surface area (Å²) in [4.78, 5) is 12.0. The van der Waals surface area contributed by atoms with Gasteiger partial charge in [0.25, 0.3) is 0 Å². The molecule has 0 aliphatic carbocycles. The van der Waals surface area contributed by atoms with Crippen LogP contribution in [0.2, 0.25) is 0 Å². The summed E-state index contributed by atoms with van der Waals surface area (Å²) < 4.78 is 12.0. The van der Waals surface area contributed by atoms with Gasteiger partial charge < -0.3 is 9.47 Å². The van der Waals surface area contributed by atoms with E-state index in [1.54, 1.807) is 0 Å². The molecule has 0 N–H and O–H groups in total. The van der Waals surface area contributed by atoms with Crippen LogP contribution in [-0.2, 0) is 29.2 Å². The highest BCUT2D eigenvalue weighted by Crippen LogP contribution is 2.27. The van der Waals surface area contributed by atoms with Gasteiger partial charge in [0.15, 0.2) is 0 Å². The largest absolute Gasteiger partial charge is 0.488 e. The molecule has 0 heterocycles. The average molecular weight is 411 g/mol. The number of rotatable bonds is 7. The van der Waals surface area contributed by atoms with Crippen LogP contribution in [0.3, 0.4) is 0 Å². The maximum absolute atomic E-state index is 12.0. The molecule has 3 rings (SSSR count). The predicted molar refractivity (Wildman–Crippen MR) is 105 cm³/mol. The van der Waals surface area contributed by atoms with Crippen molar-refractivity contribution >= 4 is 21.9 Å². The molecule has 0 aliphatic rings. The summed E-state index contributed by atoms with van der Waals surface area (Å²) in [7, 11) is 0. The molecule has 3 aromatic carbocycles. The van der Waals surface area contributed by atoms with E-state index in [1.807, 2.05) is 78.9 Å². The molecule has 3 aromatic rings. The standard InChI is InChI=1S/C22H19BrO3/c23-20-13-19(14-22(24)26-16-18-9-5-2-6-10-18)11-12-21(20)25-15-17-7-3-1-4-8-17/h1-13H,14-16H2. The summed E-state index contributed by atoms with van der Waals surface area (Å²) >= 11 is 3.51. The van der Waals surface area contributed by atoms with E-state index in [-0.39, 0.29) is 12.4 Å². The first-order chi connectivity index (χ1) is 12.7. The molecule has 4 heteroatoms. The third kappa shape index (κ3) is 5.46. The van der Waals surface area contributed by atoms with Crippen molar-refractivity contribution in [3.63, 3.8) is 0 Å². The third-order valence-electron chi connectivity index (χ3n) is 3.82. The topological polar surface area (TPSA) is 35.5 Å². The fourth-order valence-electron chi connectivity index (χ4n) is 2.46. The second kappa shape index (κ2) is 9.20. The minimum atomic E-state index is -0.251. The first-order valence-corrected chi connectivity index (χ1v) is 9.15. The molecule has 0 aromatic heterocycles. The molecule has 26 heavy (non-hydrogen) atoms. The number of hydrogen-bond donors (Lipinski definition) is 0. The second-order valence-corrected chi connectivity index (χ2v) is 6.72. The third-order valence-corrected chi connectivity index (χ3v) is 4.44. The lowest BCUT2D eigenvalue weighted by Crippen LogP contribution is -2.08. The first kappa shape index (κ1) is 18.2. The number of ether oxygens (including phenoxy) is 2. The maximum atomic E-state index is 12.0. The van der Waals surface area contributed by atoms with Crippen molar-refractivity contribution in [2.45, 2.75) is 19.6 Å². The molecule has 0 saturated heterocycles. The maximum Gasteiger partial charge on any atom is 0.310 e. The van der Waals surface area contributed by atoms with Crippen LogP contribution in [0, 0.1) is 0 Å². The van der Waals surface area contributed by atoms with Crippen LogP contribution in [0.4, 0.5) is 0 Å². The number of carbonyl (C=O) groups excluding carboxylic acids is 1. The average Bonchev–Trinajstić information content (AvgIpc) is 2.67. The van der Waals surface area contributed by atoms with Gasteiger partial charge in [-0.05, 0) is 44.8 Å². The minimum absolute atomic E-state index is 0.227. The molecule has 0 saturated carbocycles. The van der Waals surface area contributed by atoms with Gasteiger partial charge in [-0.3, -0.25) is 4.79 Å². The molecule has 0 unspecified atom stereocenters. The summed E-state index contributed by atoms with van der Waals surface area (Å²) in [5.74, 6) is 0.494. The molecule has 0 spiro atoms. The van der Waals surface area contributed by atoms with Crippen LogP contribution in [0.25, 0.3) is 0 Å². The van der Waals surface area contributed by atoms with Crippen molar-refractivity contribution in [1.82, 2.24) is 0 Å². The normalized spacial score (nSPS) is 10.3. The Kier molecular flexibility index (Phi) is 6.45. The molecule has 132 valence electrons. The molecule has 0 bridgehead atoms. The smallest absolute Gasteiger partial charge is 0.310 e. The van der Waals surface area contributed by atoms with Crippen molar-refractivity contribution in [2.24, 2.45) is 0 Å². The van der Waals surface area contributed by atoms with E-state index in [0.717, 1.165) is 26.9 Å². The molecular weight excluding hydrogens is 392 g/mol. The molecule has 0 fully saturated rings. The van der Waals surface area contributed by atoms with Crippen LogP contribution < -0.4 is 4.74 Å². The van der Waals surface area contributed by atoms with Gasteiger partial charge in [-0.15, -0.1) is 0 Å². The Morgan fingerprint density at radius 1 is 0.769 bits per heavy atom. The van der Waals surface area contributed by atoms with E-state index in [1.165, 1.54) is 0 Å². The summed E-state index contributed by atoms with van der Waals surface area (Å²) in [5.41, 5.74) is 2.96. The molecule has 0 atom stereocenters. The number of carbonyl (C=O) groups is 1. The zero-order valence-electron chi connectivity index (χ0n) is 14.2. The predicted octanol–water partition coefficient (Wildman–Crippen LogP) is 5.31. The van der Waals surface area contributed by atoms with Gasteiger partial charge in [-0.25, -0.2) is 0 Å². The monoisotopic (exact) mass is 410 g/mol. The molecule has 3 nitrogen and oxygen atoms in total. The van der Waals surface area contributed by atoms with Crippen LogP contribution in [-0.4, -0.2) is 5.97 Å². The number of esters is 1. The van der Waals surface area contributed by atoms with E-state index >= 15 is 0 Å². The number of benzene rings is 3. The summed E-state index contributed by atoms with van der Waals surface area (Å²) in [5, 5.41) is 0. The quantitative estimate of drug-likeness (QED) is 0.494. The number of halogens is 1. The van der Waals surface area contributed by atoms with E-state index in [9.17, 15) is 4.79 Å². The van der Waals surface area contributed by atoms with Crippen molar-refractivity contribution in [2.75, 3.05) is 0 Å². The van der Waals surface area contributed by atoms with Crippen molar-refractivity contribution < 1.29 is 14.3 Å². The summed E-state index contributed by atoms with van der Waals surface area (Å²) in [6, 6.07) is 25.3. The van der Waals surface area contributed by atoms with E-state index in [2.05, 4.69) is 15.9 Å². The van der Waals surface area contributed by atoms with E-state index in [4.69, 9.17) is 9.47 Å². The number of hydrogen-bond acceptors (Lipinski definition) is 3. The Labute approximate surface area is 161 Å². The van der Waals surface area contributed by atoms with Crippen LogP contribution >= 0.6 is 15.9 Å². The minimum Gasteiger partial charge on any atom is -0.488 e. The second-order valence-electron chi connectivity index (χ2n) is 5.86. The lowest BCUT2D eigenvalue weighted by atomic mass is 10.1. The van der Waals surface area contributed by atoms with Gasteiger partial charge in [0, 0.05) is 0 Å². The Morgan fingerprint density at radius 2 is 1.38 bits per heavy atom. The highest BCUT2D eigenvalue weighted by Gasteiger charge is 2.09. The molecule has 0 aliphatic heterocycles. The summed E-state index contributed by atoms with van der Waals surface area (Å²) in [6.45, 7) is 0.789. The Morgan fingerprint density at radius 3 is 2.00 bits per heavy atom. The lowest BCUT2D eigenvalue weighted by Gasteiger charge is -2.10. The van der Waals surface area contributed by atoms with Crippen molar-refractivity contribution in [3.05, 3.63) is 100 Å². The van der Waals surface area contributed by atoms with E-state index in [0.29, 0.717) is 13.2 Å². The van der Waals surface area contributed by atoms with Crippen molar-refractivity contribution in [3.8, 4) is 5.75 Å². The molecule has 0 radical (unpaired) electrons. The molecular formula is C22H19BrO3. The fraction of sp³-hybridized carbons (Fsp3) is 0.136. The lowest BCUT2D eigenvalue weighted by molar-refractivity contribution is -0.144. The highest BCUT2D eigenvalue weighted by atomic mass is 79.9. The summed E-state index contributed by atoms with van der Waals surface area (Å²) in [6.07, 6.45) is 0.227. The van der Waals surface area contributed by atoms with Gasteiger partial charge in [0.2, 0.25) is 0 Å². The van der Waals surface area contributed by atoms with Gasteiger partial charge in [0.05, 0.1) is 10.9 Å². The van der Waals surface area contributed by atoms with Gasteiger partial charge >= 0.3 is 5.97 Å². The Hall–Kier alpha value is -2.59. The van der Waals surface area contributed by atoms with Gasteiger partial charge in [-0.2, -0.15) is 0 Å². The SMILES string of the molecule is O=C(Cc1ccc(OCc2ccccc2)c(Br)c1)OCc1ccccc1. The highest BCUT2D eigenvalue weighted by molar-refractivity contribution is 9.10. The zero-order chi connectivity index (χ0) is 18.2. The first-order valence-electron chi connectivity index (χ1n) is 8.35. The Bertz CT molecular complexity index is 848.